The molecule has 1 aromatic carbocycles. The molecule has 2 N–H and O–H groups in total. The van der Waals surface area contributed by atoms with Crippen LogP contribution in [0.3, 0.4) is 0 Å². The number of nitrogens with one attached hydrogen (secondary N) is 1. The van der Waals surface area contributed by atoms with E-state index in [1.807, 2.05) is 13.8 Å². The van der Waals surface area contributed by atoms with Crippen LogP contribution in [0.4, 0.5) is 11.4 Å². The van der Waals surface area contributed by atoms with Crippen molar-refractivity contribution >= 4 is 27.3 Å². The third kappa shape index (κ3) is 3.91. The lowest BCUT2D eigenvalue weighted by Gasteiger charge is -2.26. The van der Waals surface area contributed by atoms with Gasteiger partial charge >= 0.3 is 0 Å². The van der Waals surface area contributed by atoms with Gasteiger partial charge in [-0.25, -0.2) is 0 Å². The summed E-state index contributed by atoms with van der Waals surface area (Å²) in [6.45, 7) is 5.97. The molecule has 0 bridgehead atoms. The van der Waals surface area contributed by atoms with Crippen LogP contribution in [0.2, 0.25) is 0 Å². The average Bonchev–Trinajstić information content (AvgIpc) is 2.38. The monoisotopic (exact) mass is 330 g/mol. The molecule has 0 saturated heterocycles. The van der Waals surface area contributed by atoms with Crippen LogP contribution >= 0.6 is 15.9 Å². The van der Waals surface area contributed by atoms with E-state index in [4.69, 9.17) is 0 Å². The van der Waals surface area contributed by atoms with Gasteiger partial charge in [-0.05, 0) is 41.8 Å². The number of nitro groups is 1. The van der Waals surface area contributed by atoms with Crippen LogP contribution < -0.4 is 5.32 Å². The molecule has 0 spiro atoms. The topological polar surface area (TPSA) is 75.4 Å². The number of nitrogens with zero attached hydrogens (tertiary/aromatic N) is 1. The molecular formula is C13H19BrN2O3. The minimum atomic E-state index is -0.755. The molecule has 0 unspecified atom stereocenters. The van der Waals surface area contributed by atoms with Gasteiger partial charge in [-0.3, -0.25) is 10.1 Å². The summed E-state index contributed by atoms with van der Waals surface area (Å²) in [5.41, 5.74) is 0.670. The van der Waals surface area contributed by atoms with E-state index in [0.717, 1.165) is 5.69 Å². The Balaban J connectivity index is 2.92. The third-order valence-electron chi connectivity index (χ3n) is 3.41. The maximum absolute atomic E-state index is 10.8. The average molecular weight is 331 g/mol. The summed E-state index contributed by atoms with van der Waals surface area (Å²) in [5, 5.41) is 24.2. The molecule has 0 saturated carbocycles. The Kier molecular flexibility index (Phi) is 5.31. The van der Waals surface area contributed by atoms with Crippen LogP contribution in [-0.2, 0) is 0 Å². The number of hydrogen-bond acceptors (Lipinski definition) is 4. The number of hydrogen-bond donors (Lipinski definition) is 2. The summed E-state index contributed by atoms with van der Waals surface area (Å²) in [7, 11) is 0. The van der Waals surface area contributed by atoms with Gasteiger partial charge in [-0.15, -0.1) is 0 Å². The minimum absolute atomic E-state index is 0.0821. The van der Waals surface area contributed by atoms with E-state index < -0.39 is 10.5 Å². The molecular weight excluding hydrogens is 312 g/mol. The molecule has 0 fully saturated rings. The second-order valence-corrected chi connectivity index (χ2v) is 5.51. The molecule has 0 aliphatic heterocycles. The highest BCUT2D eigenvalue weighted by molar-refractivity contribution is 9.10. The van der Waals surface area contributed by atoms with Crippen molar-refractivity contribution in [1.82, 2.24) is 0 Å². The first kappa shape index (κ1) is 15.9. The fraction of sp³-hybridized carbons (Fsp3) is 0.538. The third-order valence-corrected chi connectivity index (χ3v) is 4.06. The zero-order valence-corrected chi connectivity index (χ0v) is 13.0. The Morgan fingerprint density at radius 3 is 2.47 bits per heavy atom. The molecule has 1 aromatic rings. The summed E-state index contributed by atoms with van der Waals surface area (Å²) in [6, 6.07) is 3.20. The predicted molar refractivity (Wildman–Crippen MR) is 79.6 cm³/mol. The molecule has 6 heteroatoms. The van der Waals surface area contributed by atoms with Gasteiger partial charge in [0.1, 0.15) is 0 Å². The quantitative estimate of drug-likeness (QED) is 0.616. The van der Waals surface area contributed by atoms with Crippen molar-refractivity contribution in [2.24, 2.45) is 0 Å². The molecule has 0 heterocycles. The van der Waals surface area contributed by atoms with Gasteiger partial charge in [0.25, 0.3) is 5.69 Å². The molecule has 0 aliphatic carbocycles. The molecule has 0 aromatic heterocycles. The first-order valence-corrected chi connectivity index (χ1v) is 7.03. The maximum Gasteiger partial charge on any atom is 0.273 e. The van der Waals surface area contributed by atoms with Crippen LogP contribution in [0.1, 0.15) is 32.3 Å². The normalized spacial score (nSPS) is 11.4. The fourth-order valence-corrected chi connectivity index (χ4v) is 2.23. The second-order valence-electron chi connectivity index (χ2n) is 4.66. The van der Waals surface area contributed by atoms with Crippen molar-refractivity contribution in [2.45, 2.75) is 39.2 Å². The fourth-order valence-electron chi connectivity index (χ4n) is 1.76. The molecule has 0 radical (unpaired) electrons. The lowest BCUT2D eigenvalue weighted by Crippen LogP contribution is -2.35. The maximum atomic E-state index is 10.8. The Hall–Kier alpha value is -1.14. The van der Waals surface area contributed by atoms with Gasteiger partial charge in [0, 0.05) is 28.3 Å². The minimum Gasteiger partial charge on any atom is -0.388 e. The van der Waals surface area contributed by atoms with E-state index in [9.17, 15) is 15.2 Å². The lowest BCUT2D eigenvalue weighted by molar-refractivity contribution is -0.385. The first-order chi connectivity index (χ1) is 8.83. The molecule has 106 valence electrons. The van der Waals surface area contributed by atoms with E-state index in [-0.39, 0.29) is 5.69 Å². The number of nitro benzene ring substituents is 1. The van der Waals surface area contributed by atoms with Gasteiger partial charge in [0.05, 0.1) is 10.5 Å². The summed E-state index contributed by atoms with van der Waals surface area (Å²) >= 11 is 3.31. The van der Waals surface area contributed by atoms with Gasteiger partial charge in [0.2, 0.25) is 0 Å². The number of halogens is 1. The highest BCUT2D eigenvalue weighted by Crippen LogP contribution is 2.31. The molecule has 5 nitrogen and oxygen atoms in total. The lowest BCUT2D eigenvalue weighted by atomic mass is 9.97. The van der Waals surface area contributed by atoms with E-state index in [2.05, 4.69) is 21.2 Å². The summed E-state index contributed by atoms with van der Waals surface area (Å²) in [4.78, 5) is 10.4. The highest BCUT2D eigenvalue weighted by atomic mass is 79.9. The number of rotatable bonds is 6. The predicted octanol–water partition coefficient (Wildman–Crippen LogP) is 3.63. The molecule has 0 aliphatic rings. The Labute approximate surface area is 121 Å². The number of aliphatic hydroxyl groups is 1. The smallest absolute Gasteiger partial charge is 0.273 e. The van der Waals surface area contributed by atoms with Gasteiger partial charge in [0.15, 0.2) is 0 Å². The number of anilines is 1. The number of aryl methyl sites for hydroxylation is 1. The van der Waals surface area contributed by atoms with Crippen LogP contribution in [0.5, 0.6) is 0 Å². The van der Waals surface area contributed by atoms with Crippen LogP contribution in [-0.4, -0.2) is 22.2 Å². The highest BCUT2D eigenvalue weighted by Gasteiger charge is 2.22. The van der Waals surface area contributed by atoms with Crippen molar-refractivity contribution in [3.8, 4) is 0 Å². The van der Waals surface area contributed by atoms with E-state index >= 15 is 0 Å². The number of benzene rings is 1. The van der Waals surface area contributed by atoms with Crippen molar-refractivity contribution in [3.63, 3.8) is 0 Å². The van der Waals surface area contributed by atoms with E-state index in [1.54, 1.807) is 13.0 Å². The van der Waals surface area contributed by atoms with Crippen LogP contribution in [0.25, 0.3) is 0 Å². The van der Waals surface area contributed by atoms with Crippen molar-refractivity contribution in [1.29, 1.82) is 0 Å². The summed E-state index contributed by atoms with van der Waals surface area (Å²) < 4.78 is 0.624. The van der Waals surface area contributed by atoms with Crippen molar-refractivity contribution in [2.75, 3.05) is 11.9 Å². The zero-order valence-electron chi connectivity index (χ0n) is 11.4. The summed E-state index contributed by atoms with van der Waals surface area (Å²) in [6.07, 6.45) is 1.31. The SMILES string of the molecule is CCC(O)(CC)CNc1cc(C)c([N+](=O)[O-])cc1Br. The Morgan fingerprint density at radius 2 is 2.00 bits per heavy atom. The molecule has 0 atom stereocenters. The second kappa shape index (κ2) is 6.34. The van der Waals surface area contributed by atoms with E-state index in [0.29, 0.717) is 29.4 Å². The zero-order chi connectivity index (χ0) is 14.6. The Morgan fingerprint density at radius 1 is 1.42 bits per heavy atom. The van der Waals surface area contributed by atoms with Gasteiger partial charge in [-0.2, -0.15) is 0 Å². The Bertz CT molecular complexity index is 473. The van der Waals surface area contributed by atoms with Gasteiger partial charge < -0.3 is 10.4 Å². The van der Waals surface area contributed by atoms with E-state index in [1.165, 1.54) is 6.07 Å². The van der Waals surface area contributed by atoms with Crippen LogP contribution in [0, 0.1) is 17.0 Å². The molecule has 0 amide bonds. The van der Waals surface area contributed by atoms with Gasteiger partial charge in [-0.1, -0.05) is 13.8 Å². The van der Waals surface area contributed by atoms with Crippen LogP contribution in [0.15, 0.2) is 16.6 Å². The first-order valence-electron chi connectivity index (χ1n) is 6.23. The molecule has 19 heavy (non-hydrogen) atoms. The largest absolute Gasteiger partial charge is 0.388 e. The van der Waals surface area contributed by atoms with Crippen molar-refractivity contribution in [3.05, 3.63) is 32.3 Å². The molecule has 1 rings (SSSR count). The van der Waals surface area contributed by atoms with Crippen molar-refractivity contribution < 1.29 is 10.0 Å². The summed E-state index contributed by atoms with van der Waals surface area (Å²) in [5.74, 6) is 0. The standard InChI is InChI=1S/C13H19BrN2O3/c1-4-13(17,5-2)8-15-11-6-9(3)12(16(18)19)7-10(11)14/h6-7,15,17H,4-5,8H2,1-3H3.